The van der Waals surface area contributed by atoms with Crippen LogP contribution in [0.4, 0.5) is 0 Å². The van der Waals surface area contributed by atoms with Gasteiger partial charge in [0.25, 0.3) is 0 Å². The first-order chi connectivity index (χ1) is 16.9. The molecule has 6 nitrogen and oxygen atoms in total. The molecule has 2 unspecified atom stereocenters. The van der Waals surface area contributed by atoms with Crippen molar-refractivity contribution in [1.82, 2.24) is 15.5 Å². The Labute approximate surface area is 210 Å². The lowest BCUT2D eigenvalue weighted by Gasteiger charge is -2.55. The number of carbonyl (C=O) groups is 2. The molecule has 5 fully saturated rings. The SMILES string of the molecule is COc1ccccc1C(CNC(=O)C(NC(=O)C12CC3CC(CC(C3)C1)C2)C(C)C)N1CCCC1. The van der Waals surface area contributed by atoms with Crippen molar-refractivity contribution in [1.29, 1.82) is 0 Å². The molecule has 6 rings (SSSR count). The highest BCUT2D eigenvalue weighted by molar-refractivity contribution is 5.90. The fourth-order valence-corrected chi connectivity index (χ4v) is 7.96. The van der Waals surface area contributed by atoms with Crippen LogP contribution in [0.25, 0.3) is 0 Å². The molecule has 0 radical (unpaired) electrons. The number of hydrogen-bond donors (Lipinski definition) is 2. The second kappa shape index (κ2) is 10.1. The molecule has 6 heteroatoms. The molecule has 0 aromatic heterocycles. The number of benzene rings is 1. The molecule has 4 saturated carbocycles. The maximum Gasteiger partial charge on any atom is 0.242 e. The summed E-state index contributed by atoms with van der Waals surface area (Å²) in [5.74, 6) is 3.07. The number of nitrogens with one attached hydrogen (secondary N) is 2. The number of nitrogens with zero attached hydrogens (tertiary/aromatic N) is 1. The molecule has 4 bridgehead atoms. The lowest BCUT2D eigenvalue weighted by molar-refractivity contribution is -0.149. The van der Waals surface area contributed by atoms with Gasteiger partial charge in [-0.05, 0) is 94.2 Å². The van der Waals surface area contributed by atoms with Crippen molar-refractivity contribution < 1.29 is 14.3 Å². The monoisotopic (exact) mass is 481 g/mol. The Morgan fingerprint density at radius 3 is 2.20 bits per heavy atom. The zero-order chi connectivity index (χ0) is 24.6. The fourth-order valence-electron chi connectivity index (χ4n) is 7.96. The van der Waals surface area contributed by atoms with Gasteiger partial charge in [-0.15, -0.1) is 0 Å². The van der Waals surface area contributed by atoms with E-state index < -0.39 is 6.04 Å². The lowest BCUT2D eigenvalue weighted by atomic mass is 9.49. The Hall–Kier alpha value is -2.08. The van der Waals surface area contributed by atoms with E-state index in [-0.39, 0.29) is 29.2 Å². The predicted octanol–water partition coefficient (Wildman–Crippen LogP) is 4.31. The zero-order valence-corrected chi connectivity index (χ0v) is 21.7. The Bertz CT molecular complexity index is 888. The third-order valence-corrected chi connectivity index (χ3v) is 9.30. The van der Waals surface area contributed by atoms with Crippen LogP contribution in [0.5, 0.6) is 5.75 Å². The van der Waals surface area contributed by atoms with Crippen LogP contribution >= 0.6 is 0 Å². The van der Waals surface area contributed by atoms with Crippen LogP contribution in [0.1, 0.15) is 76.8 Å². The molecule has 35 heavy (non-hydrogen) atoms. The number of likely N-dealkylation sites (tertiary alicyclic amines) is 1. The molecule has 5 aliphatic rings. The van der Waals surface area contributed by atoms with Crippen molar-refractivity contribution in [2.45, 2.75) is 77.3 Å². The smallest absolute Gasteiger partial charge is 0.242 e. The van der Waals surface area contributed by atoms with Gasteiger partial charge in [0.2, 0.25) is 11.8 Å². The standard InChI is InChI=1S/C29H43N3O3/c1-19(2)26(31-28(34)29-15-20-12-21(16-29)14-22(13-20)17-29)27(33)30-18-24(32-10-6-7-11-32)23-8-4-5-9-25(23)35-3/h4-5,8-9,19-22,24,26H,6-7,10-18H2,1-3H3,(H,30,33)(H,31,34). The molecule has 2 N–H and O–H groups in total. The highest BCUT2D eigenvalue weighted by Gasteiger charge is 2.55. The molecule has 1 aromatic carbocycles. The van der Waals surface area contributed by atoms with Gasteiger partial charge in [0.05, 0.1) is 13.2 Å². The summed E-state index contributed by atoms with van der Waals surface area (Å²) in [5.41, 5.74) is 0.869. The van der Waals surface area contributed by atoms with Crippen molar-refractivity contribution in [3.8, 4) is 5.75 Å². The van der Waals surface area contributed by atoms with Crippen molar-refractivity contribution in [3.05, 3.63) is 29.8 Å². The maximum absolute atomic E-state index is 13.7. The number of carbonyl (C=O) groups excluding carboxylic acids is 2. The average molecular weight is 482 g/mol. The van der Waals surface area contributed by atoms with Gasteiger partial charge in [0.1, 0.15) is 11.8 Å². The van der Waals surface area contributed by atoms with Gasteiger partial charge >= 0.3 is 0 Å². The minimum absolute atomic E-state index is 0.0318. The molecule has 2 amide bonds. The topological polar surface area (TPSA) is 70.7 Å². The van der Waals surface area contributed by atoms with Crippen LogP contribution < -0.4 is 15.4 Å². The molecule has 192 valence electrons. The summed E-state index contributed by atoms with van der Waals surface area (Å²) >= 11 is 0. The third kappa shape index (κ3) is 4.96. The van der Waals surface area contributed by atoms with Crippen molar-refractivity contribution in [2.24, 2.45) is 29.1 Å². The van der Waals surface area contributed by atoms with E-state index in [1.807, 2.05) is 32.0 Å². The lowest BCUT2D eigenvalue weighted by Crippen LogP contribution is -2.58. The molecule has 4 aliphatic carbocycles. The van der Waals surface area contributed by atoms with E-state index in [1.165, 1.54) is 32.1 Å². The highest BCUT2D eigenvalue weighted by atomic mass is 16.5. The van der Waals surface area contributed by atoms with Crippen LogP contribution in [0.2, 0.25) is 0 Å². The predicted molar refractivity (Wildman–Crippen MR) is 137 cm³/mol. The minimum Gasteiger partial charge on any atom is -0.496 e. The van der Waals surface area contributed by atoms with Gasteiger partial charge < -0.3 is 15.4 Å². The number of rotatable bonds is 9. The molecule has 1 heterocycles. The third-order valence-electron chi connectivity index (χ3n) is 9.30. The first kappa shape index (κ1) is 24.6. The zero-order valence-electron chi connectivity index (χ0n) is 21.7. The quantitative estimate of drug-likeness (QED) is 0.552. The molecule has 2 atom stereocenters. The fraction of sp³-hybridized carbons (Fsp3) is 0.724. The summed E-state index contributed by atoms with van der Waals surface area (Å²) < 4.78 is 5.65. The first-order valence-corrected chi connectivity index (χ1v) is 13.8. The summed E-state index contributed by atoms with van der Waals surface area (Å²) in [4.78, 5) is 29.6. The molecule has 1 aromatic rings. The summed E-state index contributed by atoms with van der Waals surface area (Å²) in [6.07, 6.45) is 9.32. The van der Waals surface area contributed by atoms with Crippen molar-refractivity contribution in [3.63, 3.8) is 0 Å². The molecule has 0 spiro atoms. The Kier molecular flexibility index (Phi) is 7.11. The Morgan fingerprint density at radius 2 is 1.63 bits per heavy atom. The average Bonchev–Trinajstić information content (AvgIpc) is 3.36. The van der Waals surface area contributed by atoms with E-state index in [0.29, 0.717) is 24.3 Å². The van der Waals surface area contributed by atoms with Crippen LogP contribution in [0.3, 0.4) is 0 Å². The summed E-state index contributed by atoms with van der Waals surface area (Å²) in [6, 6.07) is 7.66. The minimum atomic E-state index is -0.507. The summed E-state index contributed by atoms with van der Waals surface area (Å²) in [7, 11) is 1.70. The Balaban J connectivity index is 1.27. The normalized spacial score (nSPS) is 31.4. The number of amides is 2. The van der Waals surface area contributed by atoms with Crippen molar-refractivity contribution in [2.75, 3.05) is 26.7 Å². The van der Waals surface area contributed by atoms with Gasteiger partial charge in [0, 0.05) is 17.5 Å². The van der Waals surface area contributed by atoms with E-state index in [9.17, 15) is 9.59 Å². The molecule has 1 saturated heterocycles. The first-order valence-electron chi connectivity index (χ1n) is 13.8. The van der Waals surface area contributed by atoms with Gasteiger partial charge in [-0.3, -0.25) is 14.5 Å². The molecular formula is C29H43N3O3. The van der Waals surface area contributed by atoms with Gasteiger partial charge in [0.15, 0.2) is 0 Å². The summed E-state index contributed by atoms with van der Waals surface area (Å²) in [5, 5.41) is 6.46. The largest absolute Gasteiger partial charge is 0.496 e. The second-order valence-electron chi connectivity index (χ2n) is 12.1. The van der Waals surface area contributed by atoms with E-state index in [4.69, 9.17) is 4.74 Å². The second-order valence-corrected chi connectivity index (χ2v) is 12.1. The number of ether oxygens (including phenoxy) is 1. The van der Waals surface area contributed by atoms with Gasteiger partial charge in [-0.2, -0.15) is 0 Å². The van der Waals surface area contributed by atoms with E-state index in [1.54, 1.807) is 7.11 Å². The van der Waals surface area contributed by atoms with E-state index >= 15 is 0 Å². The maximum atomic E-state index is 13.7. The highest BCUT2D eigenvalue weighted by Crippen LogP contribution is 2.60. The van der Waals surface area contributed by atoms with Gasteiger partial charge in [-0.25, -0.2) is 0 Å². The van der Waals surface area contributed by atoms with Crippen LogP contribution in [-0.2, 0) is 9.59 Å². The van der Waals surface area contributed by atoms with E-state index in [0.717, 1.165) is 43.7 Å². The van der Waals surface area contributed by atoms with Crippen molar-refractivity contribution >= 4 is 11.8 Å². The number of hydrogen-bond acceptors (Lipinski definition) is 4. The molecule has 1 aliphatic heterocycles. The van der Waals surface area contributed by atoms with E-state index in [2.05, 4.69) is 21.6 Å². The van der Waals surface area contributed by atoms with Gasteiger partial charge in [-0.1, -0.05) is 32.0 Å². The van der Waals surface area contributed by atoms with Crippen LogP contribution in [0.15, 0.2) is 24.3 Å². The molecular weight excluding hydrogens is 438 g/mol. The van der Waals surface area contributed by atoms with Crippen LogP contribution in [0, 0.1) is 29.1 Å². The summed E-state index contributed by atoms with van der Waals surface area (Å²) in [6.45, 7) is 6.62. The van der Waals surface area contributed by atoms with Crippen LogP contribution in [-0.4, -0.2) is 49.5 Å². The number of para-hydroxylation sites is 1. The number of methoxy groups -OCH3 is 1. The Morgan fingerprint density at radius 1 is 1.03 bits per heavy atom.